The van der Waals surface area contributed by atoms with Gasteiger partial charge < -0.3 is 8.85 Å². The predicted octanol–water partition coefficient (Wildman–Crippen LogP) is 6.42. The number of hydrogen-bond acceptors (Lipinski definition) is 2. The highest BCUT2D eigenvalue weighted by molar-refractivity contribution is 6.70. The molecule has 0 bridgehead atoms. The van der Waals surface area contributed by atoms with Crippen LogP contribution in [0.5, 0.6) is 0 Å². The second-order valence-electron chi connectivity index (χ2n) is 7.78. The highest BCUT2D eigenvalue weighted by Crippen LogP contribution is 2.64. The summed E-state index contributed by atoms with van der Waals surface area (Å²) in [6.45, 7) is 3.53. The fourth-order valence-corrected chi connectivity index (χ4v) is 5.00. The molecule has 0 fully saturated rings. The summed E-state index contributed by atoms with van der Waals surface area (Å²) >= 11 is 0. The average Bonchev–Trinajstić information content (AvgIpc) is 2.24. The molecule has 0 amide bonds. The Labute approximate surface area is 154 Å². The third kappa shape index (κ3) is 4.80. The molecule has 0 radical (unpaired) electrons. The monoisotopic (exact) mass is 478 g/mol. The van der Waals surface area contributed by atoms with Crippen molar-refractivity contribution in [3.63, 3.8) is 0 Å². The Bertz CT molecular complexity index is 470. The van der Waals surface area contributed by atoms with Crippen LogP contribution in [-0.2, 0) is 8.85 Å². The predicted molar refractivity (Wildman–Crippen MR) is 78.5 cm³/mol. The Kier molecular flexibility index (Phi) is 6.92. The highest BCUT2D eigenvalue weighted by atomic mass is 28.4. The van der Waals surface area contributed by atoms with Crippen molar-refractivity contribution in [3.05, 3.63) is 0 Å². The minimum absolute atomic E-state index is 0.589. The second-order valence-corrected chi connectivity index (χ2v) is 16.6. The maximum absolute atomic E-state index is 13.6. The summed E-state index contributed by atoms with van der Waals surface area (Å²) in [7, 11) is -8.72. The van der Waals surface area contributed by atoms with Crippen molar-refractivity contribution in [2.75, 3.05) is 0 Å². The summed E-state index contributed by atoms with van der Waals surface area (Å²) < 4.78 is 171. The van der Waals surface area contributed by atoms with Crippen molar-refractivity contribution in [1.82, 2.24) is 0 Å². The molecule has 28 heavy (non-hydrogen) atoms. The van der Waals surface area contributed by atoms with E-state index in [9.17, 15) is 52.7 Å². The maximum Gasteiger partial charge on any atom is 0.429 e. The van der Waals surface area contributed by atoms with Crippen LogP contribution in [0.25, 0.3) is 0 Å². The van der Waals surface area contributed by atoms with Gasteiger partial charge in [0.15, 0.2) is 16.6 Å². The molecular weight excluding hydrogens is 460 g/mol. The van der Waals surface area contributed by atoms with Gasteiger partial charge in [0.2, 0.25) is 0 Å². The molecule has 0 aliphatic rings. The Morgan fingerprint density at radius 2 is 0.536 bits per heavy atom. The van der Waals surface area contributed by atoms with Crippen LogP contribution in [0.4, 0.5) is 52.7 Å². The maximum atomic E-state index is 13.6. The third-order valence-corrected chi connectivity index (χ3v) is 4.85. The fraction of sp³-hybridized carbons (Fsp3) is 1.00. The van der Waals surface area contributed by atoms with E-state index in [-0.39, 0.29) is 0 Å². The molecular formula is C12H18F12O2Si2. The van der Waals surface area contributed by atoms with Gasteiger partial charge in [0, 0.05) is 0 Å². The fourth-order valence-electron chi connectivity index (χ4n) is 2.41. The van der Waals surface area contributed by atoms with Gasteiger partial charge in [0.05, 0.1) is 0 Å². The Morgan fingerprint density at radius 1 is 0.393 bits per heavy atom. The van der Waals surface area contributed by atoms with E-state index in [0.717, 1.165) is 0 Å². The third-order valence-electron chi connectivity index (χ3n) is 3.01. The van der Waals surface area contributed by atoms with Gasteiger partial charge in [0.25, 0.3) is 11.2 Å². The minimum Gasteiger partial charge on any atom is -0.394 e. The smallest absolute Gasteiger partial charge is 0.394 e. The van der Waals surface area contributed by atoms with Gasteiger partial charge in [-0.2, -0.15) is 52.7 Å². The topological polar surface area (TPSA) is 18.5 Å². The molecule has 0 aromatic heterocycles. The summed E-state index contributed by atoms with van der Waals surface area (Å²) in [5.74, 6) is 0. The Balaban J connectivity index is 7.84. The minimum atomic E-state index is -7.18. The lowest BCUT2D eigenvalue weighted by atomic mass is 9.79. The molecule has 0 saturated heterocycles. The largest absolute Gasteiger partial charge is 0.429 e. The van der Waals surface area contributed by atoms with Gasteiger partial charge in [-0.3, -0.25) is 0 Å². The van der Waals surface area contributed by atoms with Gasteiger partial charge in [-0.15, -0.1) is 0 Å². The molecule has 16 heteroatoms. The zero-order valence-corrected chi connectivity index (χ0v) is 17.4. The molecule has 2 nitrogen and oxygen atoms in total. The van der Waals surface area contributed by atoms with Crippen LogP contribution in [-0.4, -0.2) is 52.5 Å². The number of alkyl halides is 12. The van der Waals surface area contributed by atoms with Crippen molar-refractivity contribution in [3.8, 4) is 0 Å². The molecule has 0 aromatic rings. The van der Waals surface area contributed by atoms with Crippen LogP contribution in [0.3, 0.4) is 0 Å². The lowest BCUT2D eigenvalue weighted by molar-refractivity contribution is -0.486. The first-order valence-corrected chi connectivity index (χ1v) is 14.2. The Morgan fingerprint density at radius 3 is 0.607 bits per heavy atom. The first kappa shape index (κ1) is 27.5. The van der Waals surface area contributed by atoms with E-state index in [1.165, 1.54) is 0 Å². The Hall–Kier alpha value is -0.486. The van der Waals surface area contributed by atoms with Crippen molar-refractivity contribution < 1.29 is 61.5 Å². The molecule has 170 valence electrons. The van der Waals surface area contributed by atoms with Crippen molar-refractivity contribution in [2.24, 2.45) is 0 Å². The van der Waals surface area contributed by atoms with E-state index in [0.29, 0.717) is 39.3 Å². The van der Waals surface area contributed by atoms with Crippen molar-refractivity contribution in [2.45, 2.75) is 75.2 Å². The first-order valence-electron chi connectivity index (χ1n) is 7.33. The summed E-state index contributed by atoms with van der Waals surface area (Å²) in [5, 5.41) is 0. The van der Waals surface area contributed by atoms with Gasteiger partial charge >= 0.3 is 24.7 Å². The van der Waals surface area contributed by atoms with Crippen LogP contribution >= 0.6 is 0 Å². The normalized spacial score (nSPS) is 16.5. The highest BCUT2D eigenvalue weighted by Gasteiger charge is 2.96. The van der Waals surface area contributed by atoms with Crippen LogP contribution < -0.4 is 0 Å². The second kappa shape index (κ2) is 7.04. The van der Waals surface area contributed by atoms with Gasteiger partial charge in [-0.05, 0) is 39.3 Å². The molecule has 0 N–H and O–H groups in total. The van der Waals surface area contributed by atoms with E-state index < -0.39 is 52.5 Å². The quantitative estimate of drug-likeness (QED) is 0.336. The standard InChI is InChI=1S/C12H18F12O2Si2/c1-27(2,3)25-7(9(13,14)15,10(16,17)18)8(11(19,20)21,12(22,23)24)26-28(4,5)6/h1-6H3. The lowest BCUT2D eigenvalue weighted by Gasteiger charge is -2.54. The van der Waals surface area contributed by atoms with Gasteiger partial charge in [-0.1, -0.05) is 0 Å². The molecule has 0 heterocycles. The summed E-state index contributed by atoms with van der Waals surface area (Å²) in [6.07, 6.45) is -28.7. The zero-order chi connectivity index (χ0) is 23.4. The molecule has 0 aromatic carbocycles. The molecule has 0 rings (SSSR count). The molecule has 0 unspecified atom stereocenters. The number of halogens is 12. The molecule has 0 aliphatic carbocycles. The molecule has 0 spiro atoms. The molecule has 0 saturated carbocycles. The molecule has 0 atom stereocenters. The zero-order valence-electron chi connectivity index (χ0n) is 15.4. The summed E-state index contributed by atoms with van der Waals surface area (Å²) in [6, 6.07) is 0. The van der Waals surface area contributed by atoms with E-state index in [1.807, 2.05) is 0 Å². The van der Waals surface area contributed by atoms with E-state index in [2.05, 4.69) is 8.85 Å². The van der Waals surface area contributed by atoms with Crippen molar-refractivity contribution >= 4 is 16.6 Å². The number of hydrogen-bond donors (Lipinski definition) is 0. The van der Waals surface area contributed by atoms with Gasteiger partial charge in [0.1, 0.15) is 0 Å². The average molecular weight is 478 g/mol. The lowest BCUT2D eigenvalue weighted by Crippen LogP contribution is -2.84. The van der Waals surface area contributed by atoms with E-state index in [1.54, 1.807) is 0 Å². The molecule has 0 aliphatic heterocycles. The summed E-state index contributed by atoms with van der Waals surface area (Å²) in [4.78, 5) is 0. The van der Waals surface area contributed by atoms with Gasteiger partial charge in [-0.25, -0.2) is 0 Å². The van der Waals surface area contributed by atoms with E-state index >= 15 is 0 Å². The number of rotatable bonds is 5. The van der Waals surface area contributed by atoms with Crippen LogP contribution in [0.15, 0.2) is 0 Å². The van der Waals surface area contributed by atoms with Crippen LogP contribution in [0.1, 0.15) is 0 Å². The van der Waals surface area contributed by atoms with E-state index in [4.69, 9.17) is 0 Å². The van der Waals surface area contributed by atoms with Crippen LogP contribution in [0.2, 0.25) is 39.3 Å². The summed E-state index contributed by atoms with van der Waals surface area (Å²) in [5.41, 5.74) is -13.5. The first-order chi connectivity index (χ1) is 11.7. The SMILES string of the molecule is C[Si](C)(C)OC(C(F)(F)F)(C(F)(F)F)C(O[Si](C)(C)C)(C(F)(F)F)C(F)(F)F. The van der Waals surface area contributed by atoms with Crippen molar-refractivity contribution in [1.29, 1.82) is 0 Å². The van der Waals surface area contributed by atoms with Crippen LogP contribution in [0, 0.1) is 0 Å².